The zero-order chi connectivity index (χ0) is 20.7. The van der Waals surface area contributed by atoms with Gasteiger partial charge in [0.05, 0.1) is 31.0 Å². The van der Waals surface area contributed by atoms with E-state index in [-0.39, 0.29) is 40.9 Å². The van der Waals surface area contributed by atoms with E-state index < -0.39 is 23.7 Å². The van der Waals surface area contributed by atoms with Crippen molar-refractivity contribution in [3.05, 3.63) is 46.1 Å². The molecule has 28 heavy (non-hydrogen) atoms. The molecule has 0 spiro atoms. The molecule has 1 aromatic carbocycles. The fourth-order valence-corrected chi connectivity index (χ4v) is 3.50. The second kappa shape index (κ2) is 9.84. The van der Waals surface area contributed by atoms with Crippen molar-refractivity contribution >= 4 is 39.9 Å². The average molecular weight is 408 g/mol. The molecular weight excluding hydrogens is 387 g/mol. The molecule has 0 aliphatic heterocycles. The first kappa shape index (κ1) is 21.4. The van der Waals surface area contributed by atoms with Crippen molar-refractivity contribution in [1.82, 2.24) is 0 Å². The summed E-state index contributed by atoms with van der Waals surface area (Å²) in [6.07, 6.45) is 0. The van der Waals surface area contributed by atoms with Crippen LogP contribution in [0.1, 0.15) is 39.4 Å². The van der Waals surface area contributed by atoms with Crippen LogP contribution < -0.4 is 10.6 Å². The Labute approximate surface area is 165 Å². The van der Waals surface area contributed by atoms with Gasteiger partial charge in [-0.25, -0.2) is 14.0 Å². The van der Waals surface area contributed by atoms with Crippen LogP contribution in [0.3, 0.4) is 0 Å². The maximum atomic E-state index is 13.6. The molecular formula is C19H21FN2O5S. The summed E-state index contributed by atoms with van der Waals surface area (Å²) in [5.74, 6) is -2.23. The number of esters is 2. The van der Waals surface area contributed by atoms with Crippen LogP contribution in [0.2, 0.25) is 0 Å². The molecule has 0 unspecified atom stereocenters. The number of thiophene rings is 1. The maximum absolute atomic E-state index is 13.6. The van der Waals surface area contributed by atoms with Crippen LogP contribution in [-0.4, -0.2) is 37.6 Å². The van der Waals surface area contributed by atoms with E-state index in [1.54, 1.807) is 26.8 Å². The quantitative estimate of drug-likeness (QED) is 0.648. The van der Waals surface area contributed by atoms with Gasteiger partial charge in [0, 0.05) is 0 Å². The van der Waals surface area contributed by atoms with Gasteiger partial charge in [0.2, 0.25) is 5.91 Å². The molecule has 7 nitrogen and oxygen atoms in total. The third-order valence-corrected chi connectivity index (χ3v) is 4.84. The summed E-state index contributed by atoms with van der Waals surface area (Å²) >= 11 is 0.932. The first-order chi connectivity index (χ1) is 13.4. The standard InChI is InChI=1S/C19H21FN2O5S/c1-4-26-18(24)15-11(3)16(19(25)27-5-2)28-17(15)22-14(23)10-21-13-9-7-6-8-12(13)20/h6-9,21H,4-5,10H2,1-3H3,(H,22,23). The van der Waals surface area contributed by atoms with Gasteiger partial charge in [0.15, 0.2) is 0 Å². The fourth-order valence-electron chi connectivity index (χ4n) is 2.39. The van der Waals surface area contributed by atoms with Crippen molar-refractivity contribution in [3.8, 4) is 0 Å². The molecule has 2 N–H and O–H groups in total. The van der Waals surface area contributed by atoms with Crippen molar-refractivity contribution < 1.29 is 28.2 Å². The van der Waals surface area contributed by atoms with Gasteiger partial charge in [-0.3, -0.25) is 4.79 Å². The molecule has 0 radical (unpaired) electrons. The topological polar surface area (TPSA) is 93.7 Å². The molecule has 150 valence electrons. The minimum atomic E-state index is -0.649. The first-order valence-electron chi connectivity index (χ1n) is 8.64. The molecule has 0 aliphatic rings. The lowest BCUT2D eigenvalue weighted by Crippen LogP contribution is -2.23. The van der Waals surface area contributed by atoms with Crippen LogP contribution in [0.4, 0.5) is 15.1 Å². The number of para-hydroxylation sites is 1. The molecule has 9 heteroatoms. The first-order valence-corrected chi connectivity index (χ1v) is 9.46. The van der Waals surface area contributed by atoms with Crippen molar-refractivity contribution in [2.24, 2.45) is 0 Å². The summed E-state index contributed by atoms with van der Waals surface area (Å²) in [5, 5.41) is 5.44. The van der Waals surface area contributed by atoms with Gasteiger partial charge in [0.1, 0.15) is 15.7 Å². The smallest absolute Gasteiger partial charge is 0.348 e. The predicted octanol–water partition coefficient (Wildman–Crippen LogP) is 3.60. The van der Waals surface area contributed by atoms with E-state index in [9.17, 15) is 18.8 Å². The predicted molar refractivity (Wildman–Crippen MR) is 104 cm³/mol. The molecule has 0 fully saturated rings. The number of ether oxygens (including phenoxy) is 2. The van der Waals surface area contributed by atoms with Crippen molar-refractivity contribution in [2.75, 3.05) is 30.4 Å². The zero-order valence-corrected chi connectivity index (χ0v) is 16.6. The largest absolute Gasteiger partial charge is 0.462 e. The Kier molecular flexibility index (Phi) is 7.51. The summed E-state index contributed by atoms with van der Waals surface area (Å²) in [7, 11) is 0. The van der Waals surface area contributed by atoms with E-state index >= 15 is 0 Å². The van der Waals surface area contributed by atoms with Gasteiger partial charge in [0.25, 0.3) is 0 Å². The molecule has 2 aromatic rings. The number of rotatable bonds is 8. The van der Waals surface area contributed by atoms with Crippen molar-refractivity contribution in [2.45, 2.75) is 20.8 Å². The molecule has 0 atom stereocenters. The molecule has 1 amide bonds. The number of halogens is 1. The number of carbonyl (C=O) groups excluding carboxylic acids is 3. The van der Waals surface area contributed by atoms with Crippen LogP contribution in [0.25, 0.3) is 0 Å². The maximum Gasteiger partial charge on any atom is 0.348 e. The number of nitrogens with one attached hydrogen (secondary N) is 2. The van der Waals surface area contributed by atoms with E-state index in [1.807, 2.05) is 0 Å². The van der Waals surface area contributed by atoms with E-state index in [1.165, 1.54) is 18.2 Å². The van der Waals surface area contributed by atoms with Crippen LogP contribution in [0, 0.1) is 12.7 Å². The van der Waals surface area contributed by atoms with E-state index in [0.29, 0.717) is 5.56 Å². The van der Waals surface area contributed by atoms with Gasteiger partial charge < -0.3 is 20.1 Å². The van der Waals surface area contributed by atoms with Crippen LogP contribution in [-0.2, 0) is 14.3 Å². The Bertz CT molecular complexity index is 881. The highest BCUT2D eigenvalue weighted by Gasteiger charge is 2.27. The second-order valence-electron chi connectivity index (χ2n) is 5.58. The van der Waals surface area contributed by atoms with Gasteiger partial charge in [-0.2, -0.15) is 0 Å². The van der Waals surface area contributed by atoms with E-state index in [4.69, 9.17) is 9.47 Å². The summed E-state index contributed by atoms with van der Waals surface area (Å²) in [6, 6.07) is 5.95. The lowest BCUT2D eigenvalue weighted by Gasteiger charge is -2.09. The summed E-state index contributed by atoms with van der Waals surface area (Å²) < 4.78 is 23.7. The average Bonchev–Trinajstić information content (AvgIpc) is 2.97. The summed E-state index contributed by atoms with van der Waals surface area (Å²) in [5.41, 5.74) is 0.659. The number of carbonyl (C=O) groups is 3. The van der Waals surface area contributed by atoms with Crippen molar-refractivity contribution in [3.63, 3.8) is 0 Å². The molecule has 0 aliphatic carbocycles. The van der Waals surface area contributed by atoms with Gasteiger partial charge in [-0.1, -0.05) is 12.1 Å². The third kappa shape index (κ3) is 5.07. The van der Waals surface area contributed by atoms with Crippen LogP contribution >= 0.6 is 11.3 Å². The highest BCUT2D eigenvalue weighted by atomic mass is 32.1. The summed E-state index contributed by atoms with van der Waals surface area (Å²) in [4.78, 5) is 36.9. The van der Waals surface area contributed by atoms with E-state index in [0.717, 1.165) is 11.3 Å². The Hall–Kier alpha value is -2.94. The molecule has 1 heterocycles. The Morgan fingerprint density at radius 1 is 1.07 bits per heavy atom. The number of anilines is 2. The van der Waals surface area contributed by atoms with Gasteiger partial charge in [-0.15, -0.1) is 11.3 Å². The number of hydrogen-bond acceptors (Lipinski definition) is 7. The minimum Gasteiger partial charge on any atom is -0.462 e. The van der Waals surface area contributed by atoms with Gasteiger partial charge >= 0.3 is 11.9 Å². The molecule has 1 aromatic heterocycles. The SMILES string of the molecule is CCOC(=O)c1sc(NC(=O)CNc2ccccc2F)c(C(=O)OCC)c1C. The third-order valence-electron chi connectivity index (χ3n) is 3.65. The number of benzene rings is 1. The molecule has 0 bridgehead atoms. The summed E-state index contributed by atoms with van der Waals surface area (Å²) in [6.45, 7) is 5.01. The Morgan fingerprint density at radius 2 is 1.71 bits per heavy atom. The minimum absolute atomic E-state index is 0.106. The Morgan fingerprint density at radius 3 is 2.36 bits per heavy atom. The second-order valence-corrected chi connectivity index (χ2v) is 6.60. The van der Waals surface area contributed by atoms with Crippen LogP contribution in [0.5, 0.6) is 0 Å². The highest BCUT2D eigenvalue weighted by Crippen LogP contribution is 2.34. The number of hydrogen-bond donors (Lipinski definition) is 2. The Balaban J connectivity index is 2.21. The zero-order valence-electron chi connectivity index (χ0n) is 15.8. The lowest BCUT2D eigenvalue weighted by molar-refractivity contribution is -0.114. The highest BCUT2D eigenvalue weighted by molar-refractivity contribution is 7.18. The molecule has 0 saturated carbocycles. The van der Waals surface area contributed by atoms with E-state index in [2.05, 4.69) is 10.6 Å². The van der Waals surface area contributed by atoms with Gasteiger partial charge in [-0.05, 0) is 38.5 Å². The fraction of sp³-hybridized carbons (Fsp3) is 0.316. The molecule has 0 saturated heterocycles. The lowest BCUT2D eigenvalue weighted by atomic mass is 10.1. The number of amides is 1. The normalized spacial score (nSPS) is 10.3. The monoisotopic (exact) mass is 408 g/mol. The van der Waals surface area contributed by atoms with Crippen LogP contribution in [0.15, 0.2) is 24.3 Å². The van der Waals surface area contributed by atoms with Crippen molar-refractivity contribution in [1.29, 1.82) is 0 Å². The molecule has 2 rings (SSSR count).